The quantitative estimate of drug-likeness (QED) is 0.468. The summed E-state index contributed by atoms with van der Waals surface area (Å²) in [5.41, 5.74) is 0.566. The maximum absolute atomic E-state index is 11.7. The van der Waals surface area contributed by atoms with Crippen molar-refractivity contribution in [2.75, 3.05) is 0 Å². The average Bonchev–Trinajstić information content (AvgIpc) is 2.43. The molecule has 0 radical (unpaired) electrons. The Morgan fingerprint density at radius 3 is 2.60 bits per heavy atom. The highest BCUT2D eigenvalue weighted by Crippen LogP contribution is 2.22. The molecule has 1 N–H and O–H groups in total. The van der Waals surface area contributed by atoms with Gasteiger partial charge in [-0.3, -0.25) is 4.79 Å². The van der Waals surface area contributed by atoms with E-state index < -0.39 is 5.91 Å². The maximum atomic E-state index is 11.7. The predicted molar refractivity (Wildman–Crippen MR) is 83.3 cm³/mol. The van der Waals surface area contributed by atoms with Crippen molar-refractivity contribution in [3.05, 3.63) is 56.6 Å². The highest BCUT2D eigenvalue weighted by atomic mass is 127. The lowest BCUT2D eigenvalue weighted by Gasteiger charge is -1.96. The van der Waals surface area contributed by atoms with Crippen molar-refractivity contribution >= 4 is 45.8 Å². The Kier molecular flexibility index (Phi) is 4.84. The molecule has 20 heavy (non-hydrogen) atoms. The smallest absolute Gasteiger partial charge is 0.364 e. The number of carbonyl (C=O) groups is 1. The number of hydrogen-bond acceptors (Lipinski definition) is 3. The van der Waals surface area contributed by atoms with Crippen LogP contribution in [0.15, 0.2) is 52.7 Å². The Morgan fingerprint density at radius 2 is 1.90 bits per heavy atom. The topological polar surface area (TPSA) is 76.1 Å². The van der Waals surface area contributed by atoms with Crippen molar-refractivity contribution in [3.63, 3.8) is 0 Å². The van der Waals surface area contributed by atoms with Gasteiger partial charge in [-0.15, -0.1) is 0 Å². The first-order valence-electron chi connectivity index (χ1n) is 5.46. The third kappa shape index (κ3) is 3.86. The van der Waals surface area contributed by atoms with Crippen molar-refractivity contribution in [1.82, 2.24) is 4.91 Å². The van der Waals surface area contributed by atoms with Crippen LogP contribution in [0.2, 0.25) is 5.02 Å². The van der Waals surface area contributed by atoms with E-state index in [0.717, 1.165) is 3.57 Å². The third-order valence-corrected chi connectivity index (χ3v) is 3.27. The Bertz CT molecular complexity index is 710. The molecule has 0 aliphatic rings. The zero-order valence-electron chi connectivity index (χ0n) is 9.99. The largest absolute Gasteiger partial charge is 0.507 e. The summed E-state index contributed by atoms with van der Waals surface area (Å²) >= 11 is 7.91. The second-order valence-electron chi connectivity index (χ2n) is 3.73. The van der Waals surface area contributed by atoms with Crippen LogP contribution in [0.5, 0.6) is 5.75 Å². The van der Waals surface area contributed by atoms with Gasteiger partial charge in [0, 0.05) is 8.59 Å². The van der Waals surface area contributed by atoms with Crippen molar-refractivity contribution in [1.29, 1.82) is 0 Å². The number of hydrogen-bond donors (Lipinski definition) is 1. The zero-order chi connectivity index (χ0) is 14.5. The van der Waals surface area contributed by atoms with E-state index in [1.165, 1.54) is 18.2 Å². The first-order valence-corrected chi connectivity index (χ1v) is 6.92. The van der Waals surface area contributed by atoms with E-state index in [0.29, 0.717) is 10.7 Å². The molecule has 0 aliphatic carbocycles. The Morgan fingerprint density at radius 1 is 1.20 bits per heavy atom. The van der Waals surface area contributed by atoms with Crippen LogP contribution < -0.4 is 4.91 Å². The van der Waals surface area contributed by atoms with Gasteiger partial charge in [-0.1, -0.05) is 11.6 Å². The minimum Gasteiger partial charge on any atom is -0.507 e. The Hall–Kier alpha value is -1.76. The highest BCUT2D eigenvalue weighted by molar-refractivity contribution is 14.1. The predicted octanol–water partition coefficient (Wildman–Crippen LogP) is 4.09. The summed E-state index contributed by atoms with van der Waals surface area (Å²) in [5, 5.41) is 17.1. The molecule has 2 aromatic rings. The molecule has 100 valence electrons. The molecule has 5 nitrogen and oxygen atoms in total. The summed E-state index contributed by atoms with van der Waals surface area (Å²) in [6, 6.07) is 11.3. The van der Waals surface area contributed by atoms with Gasteiger partial charge in [-0.05, 0) is 65.1 Å². The van der Waals surface area contributed by atoms with Gasteiger partial charge in [0.05, 0.1) is 5.56 Å². The van der Waals surface area contributed by atoms with Crippen molar-refractivity contribution in [2.45, 2.75) is 0 Å². The van der Waals surface area contributed by atoms with Gasteiger partial charge >= 0.3 is 5.91 Å². The SMILES string of the molecule is O=C(N=[N+]=Nc1ccc(I)cc1)c1cc(Cl)ccc1O. The second kappa shape index (κ2) is 6.60. The van der Waals surface area contributed by atoms with Gasteiger partial charge in [0.2, 0.25) is 10.0 Å². The molecule has 7 heteroatoms. The fourth-order valence-corrected chi connectivity index (χ4v) is 1.89. The normalized spacial score (nSPS) is 9.70. The molecule has 0 atom stereocenters. The third-order valence-electron chi connectivity index (χ3n) is 2.31. The molecule has 0 bridgehead atoms. The van der Waals surface area contributed by atoms with Gasteiger partial charge in [-0.2, -0.15) is 0 Å². The number of aromatic hydroxyl groups is 1. The fraction of sp³-hybridized carbons (Fsp3) is 0. The number of nitrogens with zero attached hydrogens (tertiary/aromatic N) is 3. The molecule has 0 fully saturated rings. The Labute approximate surface area is 133 Å². The van der Waals surface area contributed by atoms with Gasteiger partial charge in [-0.25, -0.2) is 0 Å². The summed E-state index contributed by atoms with van der Waals surface area (Å²) in [4.78, 5) is 15.2. The van der Waals surface area contributed by atoms with Crippen LogP contribution in [0.1, 0.15) is 10.4 Å². The fourth-order valence-electron chi connectivity index (χ4n) is 1.36. The number of amides is 1. The van der Waals surface area contributed by atoms with Crippen LogP contribution in [-0.4, -0.2) is 11.0 Å². The number of phenols is 1. The lowest BCUT2D eigenvalue weighted by Crippen LogP contribution is -1.95. The molecule has 0 heterocycles. The second-order valence-corrected chi connectivity index (χ2v) is 5.41. The summed E-state index contributed by atoms with van der Waals surface area (Å²) in [7, 11) is 0. The standard InChI is InChI=1S/C13H7ClIN3O2/c14-8-1-6-12(19)11(7-8)13(20)17-18-16-10-4-2-9(15)3-5-10/h1-7H/p+1. The monoisotopic (exact) mass is 400 g/mol. The van der Waals surface area contributed by atoms with Gasteiger partial charge in [0.25, 0.3) is 0 Å². The van der Waals surface area contributed by atoms with Gasteiger partial charge < -0.3 is 5.11 Å². The van der Waals surface area contributed by atoms with Crippen LogP contribution in [0.25, 0.3) is 0 Å². The Balaban J connectivity index is 2.20. The van der Waals surface area contributed by atoms with E-state index in [2.05, 4.69) is 37.7 Å². The minimum absolute atomic E-state index is 0.0148. The van der Waals surface area contributed by atoms with Crippen LogP contribution in [0.3, 0.4) is 0 Å². The summed E-state index contributed by atoms with van der Waals surface area (Å²) in [5.74, 6) is -0.910. The lowest BCUT2D eigenvalue weighted by molar-refractivity contribution is 0.0990. The van der Waals surface area contributed by atoms with Gasteiger partial charge in [0.15, 0.2) is 10.8 Å². The zero-order valence-corrected chi connectivity index (χ0v) is 12.9. The number of phenolic OH excluding ortho intramolecular Hbond substituents is 1. The summed E-state index contributed by atoms with van der Waals surface area (Å²) in [6.07, 6.45) is 0. The average molecular weight is 401 g/mol. The van der Waals surface area contributed by atoms with E-state index >= 15 is 0 Å². The number of rotatable bonds is 2. The van der Waals surface area contributed by atoms with E-state index in [1.807, 2.05) is 12.1 Å². The first-order chi connectivity index (χ1) is 9.56. The molecule has 0 saturated heterocycles. The molecule has 1 amide bonds. The van der Waals surface area contributed by atoms with E-state index in [1.54, 1.807) is 12.1 Å². The van der Waals surface area contributed by atoms with Crippen LogP contribution in [0, 0.1) is 3.57 Å². The molecule has 0 aromatic heterocycles. The first kappa shape index (κ1) is 14.6. The van der Waals surface area contributed by atoms with Crippen LogP contribution in [0.4, 0.5) is 5.69 Å². The number of halogens is 2. The van der Waals surface area contributed by atoms with Crippen molar-refractivity contribution in [2.24, 2.45) is 10.2 Å². The molecule has 0 unspecified atom stereocenters. The number of carbonyl (C=O) groups excluding carboxylic acids is 1. The van der Waals surface area contributed by atoms with Crippen LogP contribution >= 0.6 is 34.2 Å². The molecular weight excluding hydrogens is 393 g/mol. The molecule has 0 spiro atoms. The molecule has 0 aliphatic heterocycles. The lowest BCUT2D eigenvalue weighted by atomic mass is 10.2. The van der Waals surface area contributed by atoms with Crippen LogP contribution in [-0.2, 0) is 0 Å². The maximum Gasteiger partial charge on any atom is 0.364 e. The molecular formula is C13H8ClIN3O2+. The van der Waals surface area contributed by atoms with E-state index in [-0.39, 0.29) is 11.3 Å². The highest BCUT2D eigenvalue weighted by Gasteiger charge is 2.15. The van der Waals surface area contributed by atoms with E-state index in [4.69, 9.17) is 11.6 Å². The molecule has 2 aromatic carbocycles. The molecule has 2 rings (SSSR count). The summed E-state index contributed by atoms with van der Waals surface area (Å²) < 4.78 is 1.07. The van der Waals surface area contributed by atoms with Crippen molar-refractivity contribution < 1.29 is 9.90 Å². The number of benzene rings is 2. The molecule has 0 saturated carbocycles. The summed E-state index contributed by atoms with van der Waals surface area (Å²) in [6.45, 7) is 0. The van der Waals surface area contributed by atoms with E-state index in [9.17, 15) is 9.90 Å². The van der Waals surface area contributed by atoms with Gasteiger partial charge in [0.1, 0.15) is 5.75 Å². The van der Waals surface area contributed by atoms with Crippen molar-refractivity contribution in [3.8, 4) is 5.75 Å². The minimum atomic E-state index is -0.709.